The second-order valence-electron chi connectivity index (χ2n) is 3.53. The number of nitrogens with zero attached hydrogens (tertiary/aromatic N) is 2. The summed E-state index contributed by atoms with van der Waals surface area (Å²) in [6.45, 7) is 2.51. The highest BCUT2D eigenvalue weighted by Gasteiger charge is 2.17. The van der Waals surface area contributed by atoms with Gasteiger partial charge in [0.1, 0.15) is 0 Å². The first-order chi connectivity index (χ1) is 7.84. The third-order valence-corrected chi connectivity index (χ3v) is 2.27. The number of carbonyl (C=O) groups excluding carboxylic acids is 1. The van der Waals surface area contributed by atoms with Gasteiger partial charge in [-0.15, -0.1) is 0 Å². The fourth-order valence-electron chi connectivity index (χ4n) is 1.48. The molecule has 2 heterocycles. The van der Waals surface area contributed by atoms with Crippen molar-refractivity contribution in [2.45, 2.75) is 19.1 Å². The van der Waals surface area contributed by atoms with Gasteiger partial charge in [-0.05, 0) is 0 Å². The standard InChI is InChI=1S/C9H14N4O3/c14-9(3-7-4-10-1-2-15-7)11-5-8-12-6-16-13-8/h6-7,10H,1-5H2,(H,11,14). The van der Waals surface area contributed by atoms with Gasteiger partial charge in [0, 0.05) is 13.1 Å². The first-order valence-corrected chi connectivity index (χ1v) is 5.19. The molecule has 1 amide bonds. The van der Waals surface area contributed by atoms with Crippen LogP contribution in [-0.2, 0) is 16.1 Å². The normalized spacial score (nSPS) is 20.6. The molecule has 0 saturated carbocycles. The van der Waals surface area contributed by atoms with E-state index < -0.39 is 0 Å². The van der Waals surface area contributed by atoms with Gasteiger partial charge in [0.05, 0.1) is 25.7 Å². The largest absolute Gasteiger partial charge is 0.375 e. The Morgan fingerprint density at radius 1 is 1.69 bits per heavy atom. The summed E-state index contributed by atoms with van der Waals surface area (Å²) in [4.78, 5) is 15.3. The van der Waals surface area contributed by atoms with Crippen LogP contribution in [0.2, 0.25) is 0 Å². The lowest BCUT2D eigenvalue weighted by atomic mass is 10.2. The lowest BCUT2D eigenvalue weighted by Crippen LogP contribution is -2.41. The van der Waals surface area contributed by atoms with Crippen molar-refractivity contribution >= 4 is 5.91 Å². The Kier molecular flexibility index (Phi) is 3.84. The Morgan fingerprint density at radius 3 is 3.31 bits per heavy atom. The molecule has 0 bridgehead atoms. The fraction of sp³-hybridized carbons (Fsp3) is 0.667. The maximum atomic E-state index is 11.5. The van der Waals surface area contributed by atoms with Crippen LogP contribution in [0.5, 0.6) is 0 Å². The average Bonchev–Trinajstić information content (AvgIpc) is 2.81. The monoisotopic (exact) mass is 226 g/mol. The van der Waals surface area contributed by atoms with Gasteiger partial charge < -0.3 is 19.9 Å². The SMILES string of the molecule is O=C(CC1CNCCO1)NCc1ncon1. The molecule has 1 saturated heterocycles. The molecule has 0 aliphatic carbocycles. The van der Waals surface area contributed by atoms with E-state index in [1.54, 1.807) is 0 Å². The lowest BCUT2D eigenvalue weighted by molar-refractivity contribution is -0.124. The van der Waals surface area contributed by atoms with E-state index in [2.05, 4.69) is 25.3 Å². The Bertz CT molecular complexity index is 322. The van der Waals surface area contributed by atoms with Crippen molar-refractivity contribution in [3.63, 3.8) is 0 Å². The summed E-state index contributed by atoms with van der Waals surface area (Å²) in [6.07, 6.45) is 1.54. The minimum Gasteiger partial charge on any atom is -0.375 e. The van der Waals surface area contributed by atoms with Gasteiger partial charge in [-0.2, -0.15) is 4.98 Å². The van der Waals surface area contributed by atoms with Crippen LogP contribution in [0.25, 0.3) is 0 Å². The molecule has 0 aromatic carbocycles. The zero-order chi connectivity index (χ0) is 11.2. The van der Waals surface area contributed by atoms with Crippen molar-refractivity contribution < 1.29 is 14.1 Å². The van der Waals surface area contributed by atoms with Crippen molar-refractivity contribution in [1.29, 1.82) is 0 Å². The van der Waals surface area contributed by atoms with Gasteiger partial charge >= 0.3 is 0 Å². The fourth-order valence-corrected chi connectivity index (χ4v) is 1.48. The van der Waals surface area contributed by atoms with Crippen molar-refractivity contribution in [3.05, 3.63) is 12.2 Å². The van der Waals surface area contributed by atoms with Crippen LogP contribution in [0, 0.1) is 0 Å². The number of aromatic nitrogens is 2. The molecule has 1 aromatic heterocycles. The Balaban J connectivity index is 1.67. The molecule has 1 fully saturated rings. The number of nitrogens with one attached hydrogen (secondary N) is 2. The predicted octanol–water partition coefficient (Wildman–Crippen LogP) is -0.936. The topological polar surface area (TPSA) is 89.3 Å². The number of hydrogen-bond acceptors (Lipinski definition) is 6. The van der Waals surface area contributed by atoms with Crippen LogP contribution >= 0.6 is 0 Å². The van der Waals surface area contributed by atoms with Crippen LogP contribution in [0.3, 0.4) is 0 Å². The summed E-state index contributed by atoms with van der Waals surface area (Å²) in [5.41, 5.74) is 0. The number of morpholine rings is 1. The van der Waals surface area contributed by atoms with E-state index in [1.165, 1.54) is 6.39 Å². The highest BCUT2D eigenvalue weighted by atomic mass is 16.5. The third-order valence-electron chi connectivity index (χ3n) is 2.27. The van der Waals surface area contributed by atoms with Crippen molar-refractivity contribution in [2.24, 2.45) is 0 Å². The zero-order valence-electron chi connectivity index (χ0n) is 8.81. The Labute approximate surface area is 92.5 Å². The molecule has 1 aliphatic rings. The molecule has 2 rings (SSSR count). The summed E-state index contributed by atoms with van der Waals surface area (Å²) < 4.78 is 9.96. The van der Waals surface area contributed by atoms with Gasteiger partial charge in [-0.3, -0.25) is 4.79 Å². The first kappa shape index (κ1) is 11.0. The van der Waals surface area contributed by atoms with Gasteiger partial charge in [0.15, 0.2) is 5.82 Å². The van der Waals surface area contributed by atoms with E-state index in [9.17, 15) is 4.79 Å². The predicted molar refractivity (Wildman–Crippen MR) is 53.4 cm³/mol. The molecule has 88 valence electrons. The minimum absolute atomic E-state index is 0.0426. The van der Waals surface area contributed by atoms with E-state index in [1.807, 2.05) is 0 Å². The van der Waals surface area contributed by atoms with E-state index in [0.29, 0.717) is 18.9 Å². The second kappa shape index (κ2) is 5.57. The molecular formula is C9H14N4O3. The highest BCUT2D eigenvalue weighted by molar-refractivity contribution is 5.76. The molecule has 16 heavy (non-hydrogen) atoms. The highest BCUT2D eigenvalue weighted by Crippen LogP contribution is 2.01. The van der Waals surface area contributed by atoms with E-state index in [4.69, 9.17) is 4.74 Å². The molecule has 7 heteroatoms. The van der Waals surface area contributed by atoms with E-state index >= 15 is 0 Å². The Hall–Kier alpha value is -1.47. The molecule has 1 aliphatic heterocycles. The first-order valence-electron chi connectivity index (χ1n) is 5.19. The summed E-state index contributed by atoms with van der Waals surface area (Å²) in [5.74, 6) is 0.398. The molecule has 1 aromatic rings. The summed E-state index contributed by atoms with van der Waals surface area (Å²) in [6, 6.07) is 0. The Morgan fingerprint density at radius 2 is 2.62 bits per heavy atom. The maximum Gasteiger partial charge on any atom is 0.223 e. The quantitative estimate of drug-likeness (QED) is 0.689. The smallest absolute Gasteiger partial charge is 0.223 e. The molecule has 0 radical (unpaired) electrons. The van der Waals surface area contributed by atoms with Crippen LogP contribution in [-0.4, -0.2) is 41.8 Å². The maximum absolute atomic E-state index is 11.5. The molecule has 0 spiro atoms. The number of rotatable bonds is 4. The molecule has 7 nitrogen and oxygen atoms in total. The lowest BCUT2D eigenvalue weighted by Gasteiger charge is -2.22. The summed E-state index contributed by atoms with van der Waals surface area (Å²) >= 11 is 0. The van der Waals surface area contributed by atoms with Gasteiger partial charge in [-0.25, -0.2) is 0 Å². The minimum atomic E-state index is -0.0708. The van der Waals surface area contributed by atoms with Crippen LogP contribution in [0.1, 0.15) is 12.2 Å². The van der Waals surface area contributed by atoms with E-state index in [-0.39, 0.29) is 18.6 Å². The molecule has 1 unspecified atom stereocenters. The summed E-state index contributed by atoms with van der Waals surface area (Å²) in [7, 11) is 0. The van der Waals surface area contributed by atoms with Crippen LogP contribution < -0.4 is 10.6 Å². The summed E-state index contributed by atoms with van der Waals surface area (Å²) in [5, 5.41) is 9.46. The molecule has 2 N–H and O–H groups in total. The number of amides is 1. The van der Waals surface area contributed by atoms with Crippen molar-refractivity contribution in [2.75, 3.05) is 19.7 Å². The van der Waals surface area contributed by atoms with Gasteiger partial charge in [-0.1, -0.05) is 5.16 Å². The zero-order valence-corrected chi connectivity index (χ0v) is 8.81. The van der Waals surface area contributed by atoms with Crippen molar-refractivity contribution in [3.8, 4) is 0 Å². The number of hydrogen-bond donors (Lipinski definition) is 2. The second-order valence-corrected chi connectivity index (χ2v) is 3.53. The van der Waals surface area contributed by atoms with Crippen LogP contribution in [0.15, 0.2) is 10.9 Å². The van der Waals surface area contributed by atoms with Crippen LogP contribution in [0.4, 0.5) is 0 Å². The molecule has 1 atom stereocenters. The van der Waals surface area contributed by atoms with E-state index in [0.717, 1.165) is 13.1 Å². The van der Waals surface area contributed by atoms with Gasteiger partial charge in [0.25, 0.3) is 0 Å². The van der Waals surface area contributed by atoms with Crippen molar-refractivity contribution in [1.82, 2.24) is 20.8 Å². The number of carbonyl (C=O) groups is 1. The third kappa shape index (κ3) is 3.28. The number of ether oxygens (including phenoxy) is 1. The van der Waals surface area contributed by atoms with Gasteiger partial charge in [0.2, 0.25) is 12.3 Å². The average molecular weight is 226 g/mol. The molecular weight excluding hydrogens is 212 g/mol.